The summed E-state index contributed by atoms with van der Waals surface area (Å²) in [5.74, 6) is 0. The lowest BCUT2D eigenvalue weighted by Gasteiger charge is -2.09. The molecule has 0 unspecified atom stereocenters. The number of nitrogens with one attached hydrogen (secondary N) is 1. The van der Waals surface area contributed by atoms with E-state index in [4.69, 9.17) is 11.6 Å². The zero-order valence-electron chi connectivity index (χ0n) is 10.8. The Hall–Kier alpha value is -1.48. The van der Waals surface area contributed by atoms with Crippen molar-refractivity contribution in [3.05, 3.63) is 53.2 Å². The summed E-state index contributed by atoms with van der Waals surface area (Å²) in [5.41, 5.74) is 0.756. The molecule has 9 heteroatoms. The average molecular weight is 347 g/mol. The molecule has 0 aliphatic rings. The van der Waals surface area contributed by atoms with Gasteiger partial charge in [-0.1, -0.05) is 27.9 Å². The van der Waals surface area contributed by atoms with Crippen LogP contribution in [0.15, 0.2) is 52.5 Å². The number of sulfonamides is 2. The number of benzene rings is 1. The van der Waals surface area contributed by atoms with E-state index in [0.717, 1.165) is 5.56 Å². The van der Waals surface area contributed by atoms with Crippen LogP contribution in [0.2, 0.25) is 5.02 Å². The topological polar surface area (TPSA) is 93.2 Å². The van der Waals surface area contributed by atoms with E-state index in [2.05, 4.69) is 4.98 Å². The monoisotopic (exact) mass is 346 g/mol. The maximum absolute atomic E-state index is 12.2. The molecule has 0 bridgehead atoms. The van der Waals surface area contributed by atoms with Gasteiger partial charge in [-0.15, -0.1) is 0 Å². The predicted molar refractivity (Wildman–Crippen MR) is 77.9 cm³/mol. The summed E-state index contributed by atoms with van der Waals surface area (Å²) < 4.78 is 49.9. The number of aromatic nitrogens is 1. The van der Waals surface area contributed by atoms with Crippen LogP contribution in [0.1, 0.15) is 5.56 Å². The van der Waals surface area contributed by atoms with E-state index in [1.807, 2.05) is 0 Å². The molecule has 0 aliphatic heterocycles. The largest absolute Gasteiger partial charge is 0.271 e. The molecule has 1 aromatic heterocycles. The molecule has 112 valence electrons. The highest BCUT2D eigenvalue weighted by molar-refractivity contribution is 8.04. The molecule has 0 saturated carbocycles. The third kappa shape index (κ3) is 3.59. The Morgan fingerprint density at radius 3 is 2.33 bits per heavy atom. The second-order valence-electron chi connectivity index (χ2n) is 4.19. The second kappa shape index (κ2) is 5.72. The van der Waals surface area contributed by atoms with Gasteiger partial charge in [0.05, 0.1) is 5.02 Å². The van der Waals surface area contributed by atoms with Gasteiger partial charge in [0.15, 0.2) is 5.03 Å². The van der Waals surface area contributed by atoms with Gasteiger partial charge in [-0.25, -0.2) is 21.8 Å². The Morgan fingerprint density at radius 2 is 1.76 bits per heavy atom. The number of halogens is 1. The smallest absolute Gasteiger partial charge is 0.243 e. The van der Waals surface area contributed by atoms with Gasteiger partial charge in [0.1, 0.15) is 4.90 Å². The van der Waals surface area contributed by atoms with E-state index in [1.165, 1.54) is 42.6 Å². The molecule has 0 aliphatic carbocycles. The fourth-order valence-corrected chi connectivity index (χ4v) is 4.98. The Kier molecular flexibility index (Phi) is 4.33. The Labute approximate surface area is 127 Å². The summed E-state index contributed by atoms with van der Waals surface area (Å²) in [6.07, 6.45) is 1.25. The molecule has 1 N–H and O–H groups in total. The van der Waals surface area contributed by atoms with Crippen LogP contribution >= 0.6 is 11.6 Å². The number of rotatable bonds is 4. The van der Waals surface area contributed by atoms with Crippen LogP contribution in [0.5, 0.6) is 0 Å². The average Bonchev–Trinajstić information content (AvgIpc) is 2.38. The summed E-state index contributed by atoms with van der Waals surface area (Å²) in [5, 5.41) is -0.449. The quantitative estimate of drug-likeness (QED) is 0.909. The van der Waals surface area contributed by atoms with Crippen molar-refractivity contribution in [1.29, 1.82) is 0 Å². The highest BCUT2D eigenvalue weighted by atomic mass is 35.5. The minimum atomic E-state index is -4.32. The number of aryl methyl sites for hydroxylation is 1. The van der Waals surface area contributed by atoms with Crippen molar-refractivity contribution in [2.24, 2.45) is 0 Å². The SMILES string of the molecule is Cc1ccc(S(=O)(=O)NS(=O)(=O)c2ccccn2)c(Cl)c1. The van der Waals surface area contributed by atoms with Crippen molar-refractivity contribution < 1.29 is 16.8 Å². The molecular formula is C12H11ClN2O4S2. The molecule has 2 rings (SSSR count). The maximum Gasteiger partial charge on any atom is 0.271 e. The van der Waals surface area contributed by atoms with E-state index in [9.17, 15) is 16.8 Å². The number of pyridine rings is 1. The maximum atomic E-state index is 12.2. The van der Waals surface area contributed by atoms with E-state index >= 15 is 0 Å². The van der Waals surface area contributed by atoms with Crippen molar-refractivity contribution in [3.8, 4) is 0 Å². The van der Waals surface area contributed by atoms with Gasteiger partial charge in [0.2, 0.25) is 0 Å². The van der Waals surface area contributed by atoms with Crippen LogP contribution in [0.4, 0.5) is 0 Å². The summed E-state index contributed by atoms with van der Waals surface area (Å²) >= 11 is 5.86. The predicted octanol–water partition coefficient (Wildman–Crippen LogP) is 1.71. The highest BCUT2D eigenvalue weighted by Crippen LogP contribution is 2.23. The Bertz CT molecular complexity index is 865. The molecule has 0 saturated heterocycles. The van der Waals surface area contributed by atoms with Gasteiger partial charge in [-0.3, -0.25) is 0 Å². The number of hydrogen-bond acceptors (Lipinski definition) is 5. The van der Waals surface area contributed by atoms with Crippen LogP contribution in [0.3, 0.4) is 0 Å². The molecule has 0 spiro atoms. The van der Waals surface area contributed by atoms with Crippen molar-refractivity contribution in [2.45, 2.75) is 16.8 Å². The first-order valence-electron chi connectivity index (χ1n) is 5.68. The van der Waals surface area contributed by atoms with Gasteiger partial charge in [-0.05, 0) is 36.8 Å². The lowest BCUT2D eigenvalue weighted by atomic mass is 10.2. The van der Waals surface area contributed by atoms with E-state index in [0.29, 0.717) is 0 Å². The fourth-order valence-electron chi connectivity index (χ4n) is 1.56. The van der Waals surface area contributed by atoms with Crippen LogP contribution in [-0.4, -0.2) is 21.8 Å². The molecule has 0 amide bonds. The third-order valence-electron chi connectivity index (χ3n) is 2.51. The molecule has 0 atom stereocenters. The molecule has 2 aromatic rings. The van der Waals surface area contributed by atoms with Gasteiger partial charge in [0.25, 0.3) is 20.0 Å². The van der Waals surface area contributed by atoms with Crippen LogP contribution in [0, 0.1) is 6.92 Å². The summed E-state index contributed by atoms with van der Waals surface area (Å²) in [7, 11) is -8.62. The lowest BCUT2D eigenvalue weighted by Crippen LogP contribution is -2.31. The van der Waals surface area contributed by atoms with Crippen LogP contribution in [0.25, 0.3) is 0 Å². The molecule has 0 fully saturated rings. The number of nitrogens with zero attached hydrogens (tertiary/aromatic N) is 1. The van der Waals surface area contributed by atoms with Gasteiger partial charge < -0.3 is 0 Å². The van der Waals surface area contributed by atoms with Gasteiger partial charge in [0, 0.05) is 6.20 Å². The molecule has 1 heterocycles. The van der Waals surface area contributed by atoms with E-state index < -0.39 is 25.1 Å². The van der Waals surface area contributed by atoms with Crippen molar-refractivity contribution >= 4 is 31.6 Å². The minimum Gasteiger partial charge on any atom is -0.243 e. The lowest BCUT2D eigenvalue weighted by molar-refractivity contribution is 0.574. The third-order valence-corrected chi connectivity index (χ3v) is 6.42. The summed E-state index contributed by atoms with van der Waals surface area (Å²) in [4.78, 5) is 3.31. The standard InChI is InChI=1S/C12H11ClN2O4S2/c1-9-5-6-11(10(13)8-9)20(16,17)15-21(18,19)12-4-2-3-7-14-12/h2-8,15H,1H3. The summed E-state index contributed by atoms with van der Waals surface area (Å²) in [6.45, 7) is 1.74. The van der Waals surface area contributed by atoms with Crippen LogP contribution in [-0.2, 0) is 20.0 Å². The van der Waals surface area contributed by atoms with Crippen molar-refractivity contribution in [1.82, 2.24) is 9.11 Å². The minimum absolute atomic E-state index is 0.0567. The van der Waals surface area contributed by atoms with E-state index in [-0.39, 0.29) is 9.92 Å². The zero-order chi connectivity index (χ0) is 15.7. The first-order chi connectivity index (χ1) is 9.72. The Balaban J connectivity index is 2.42. The van der Waals surface area contributed by atoms with Crippen LogP contribution < -0.4 is 4.13 Å². The Morgan fingerprint density at radius 1 is 1.05 bits per heavy atom. The van der Waals surface area contributed by atoms with Gasteiger partial charge in [-0.2, -0.15) is 0 Å². The number of hydrogen-bond donors (Lipinski definition) is 1. The fraction of sp³-hybridized carbons (Fsp3) is 0.0833. The van der Waals surface area contributed by atoms with Crippen molar-refractivity contribution in [3.63, 3.8) is 0 Å². The normalized spacial score (nSPS) is 12.3. The van der Waals surface area contributed by atoms with Crippen molar-refractivity contribution in [2.75, 3.05) is 0 Å². The molecule has 1 aromatic carbocycles. The highest BCUT2D eigenvalue weighted by Gasteiger charge is 2.27. The van der Waals surface area contributed by atoms with E-state index in [1.54, 1.807) is 11.1 Å². The second-order valence-corrected chi connectivity index (χ2v) is 8.14. The molecule has 6 nitrogen and oxygen atoms in total. The van der Waals surface area contributed by atoms with Gasteiger partial charge >= 0.3 is 0 Å². The zero-order valence-corrected chi connectivity index (χ0v) is 13.2. The summed E-state index contributed by atoms with van der Waals surface area (Å²) in [6, 6.07) is 8.34. The molecular weight excluding hydrogens is 336 g/mol. The molecule has 0 radical (unpaired) electrons. The first kappa shape index (κ1) is 15.9. The molecule has 21 heavy (non-hydrogen) atoms. The first-order valence-corrected chi connectivity index (χ1v) is 9.02.